The molecule has 2 rings (SSSR count). The Bertz CT molecular complexity index is 665. The van der Waals surface area contributed by atoms with Crippen molar-refractivity contribution in [2.24, 2.45) is 0 Å². The van der Waals surface area contributed by atoms with Crippen molar-refractivity contribution in [2.45, 2.75) is 6.10 Å². The van der Waals surface area contributed by atoms with Crippen LogP contribution in [0, 0.1) is 5.82 Å². The molecule has 0 heterocycles. The molecule has 0 saturated carbocycles. The normalized spacial score (nSPS) is 11.8. The van der Waals surface area contributed by atoms with Gasteiger partial charge in [0.2, 0.25) is 0 Å². The van der Waals surface area contributed by atoms with Crippen molar-refractivity contribution in [3.05, 3.63) is 63.9 Å². The zero-order chi connectivity index (χ0) is 16.1. The first-order chi connectivity index (χ1) is 10.5. The number of aliphatic hydroxyl groups is 1. The van der Waals surface area contributed by atoms with Crippen LogP contribution in [-0.4, -0.2) is 17.7 Å². The molecule has 2 aromatic rings. The van der Waals surface area contributed by atoms with Gasteiger partial charge in [-0.15, -0.1) is 0 Å². The molecule has 2 aromatic carbocycles. The molecular formula is C15H13Cl2FN2O2. The minimum atomic E-state index is -0.938. The van der Waals surface area contributed by atoms with Crippen LogP contribution in [0.5, 0.6) is 0 Å². The first kappa shape index (κ1) is 16.5. The van der Waals surface area contributed by atoms with Crippen molar-refractivity contribution in [1.29, 1.82) is 0 Å². The lowest BCUT2D eigenvalue weighted by Gasteiger charge is -2.13. The molecular weight excluding hydrogens is 330 g/mol. The number of carbonyl (C=O) groups is 1. The highest BCUT2D eigenvalue weighted by Crippen LogP contribution is 2.25. The van der Waals surface area contributed by atoms with Gasteiger partial charge in [-0.1, -0.05) is 35.3 Å². The largest absolute Gasteiger partial charge is 0.387 e. The van der Waals surface area contributed by atoms with Gasteiger partial charge < -0.3 is 15.7 Å². The van der Waals surface area contributed by atoms with Gasteiger partial charge in [0.1, 0.15) is 5.82 Å². The smallest absolute Gasteiger partial charge is 0.319 e. The maximum absolute atomic E-state index is 12.8. The monoisotopic (exact) mass is 342 g/mol. The standard InChI is InChI=1S/C15H13Cl2FN2O2/c16-10-3-6-13(12(17)7-10)20-15(22)19-8-14(21)9-1-4-11(18)5-2-9/h1-7,14,21H,8H2,(H2,19,20,22). The summed E-state index contributed by atoms with van der Waals surface area (Å²) < 4.78 is 12.8. The number of nitrogens with one attached hydrogen (secondary N) is 2. The summed E-state index contributed by atoms with van der Waals surface area (Å²) in [6.45, 7) is -0.0251. The highest BCUT2D eigenvalue weighted by Gasteiger charge is 2.11. The average molecular weight is 343 g/mol. The van der Waals surface area contributed by atoms with Gasteiger partial charge >= 0.3 is 6.03 Å². The van der Waals surface area contributed by atoms with Gasteiger partial charge in [0.05, 0.1) is 16.8 Å². The van der Waals surface area contributed by atoms with Gasteiger partial charge in [-0.2, -0.15) is 0 Å². The third-order valence-corrected chi connectivity index (χ3v) is 3.44. The summed E-state index contributed by atoms with van der Waals surface area (Å²) in [5.74, 6) is -0.390. The van der Waals surface area contributed by atoms with Crippen molar-refractivity contribution in [3.8, 4) is 0 Å². The number of carbonyl (C=O) groups excluding carboxylic acids is 1. The number of anilines is 1. The fourth-order valence-electron chi connectivity index (χ4n) is 1.75. The molecule has 0 aromatic heterocycles. The van der Waals surface area contributed by atoms with E-state index in [4.69, 9.17) is 23.2 Å². The van der Waals surface area contributed by atoms with E-state index in [0.29, 0.717) is 21.3 Å². The quantitative estimate of drug-likeness (QED) is 0.786. The van der Waals surface area contributed by atoms with E-state index in [1.54, 1.807) is 12.1 Å². The van der Waals surface area contributed by atoms with Crippen molar-refractivity contribution in [1.82, 2.24) is 5.32 Å². The Kier molecular flexibility index (Phi) is 5.60. The van der Waals surface area contributed by atoms with Gasteiger partial charge in [0.15, 0.2) is 0 Å². The van der Waals surface area contributed by atoms with E-state index in [0.717, 1.165) is 0 Å². The SMILES string of the molecule is O=C(NCC(O)c1ccc(F)cc1)Nc1ccc(Cl)cc1Cl. The molecule has 0 saturated heterocycles. The van der Waals surface area contributed by atoms with Crippen LogP contribution in [0.2, 0.25) is 10.0 Å². The lowest BCUT2D eigenvalue weighted by Crippen LogP contribution is -2.32. The Labute approximate surface area is 136 Å². The van der Waals surface area contributed by atoms with E-state index in [2.05, 4.69) is 10.6 Å². The molecule has 0 aliphatic carbocycles. The predicted octanol–water partition coefficient (Wildman–Crippen LogP) is 3.99. The first-order valence-electron chi connectivity index (χ1n) is 6.39. The predicted molar refractivity (Wildman–Crippen MR) is 84.8 cm³/mol. The van der Waals surface area contributed by atoms with Crippen molar-refractivity contribution >= 4 is 34.9 Å². The van der Waals surface area contributed by atoms with Crippen LogP contribution in [0.4, 0.5) is 14.9 Å². The van der Waals surface area contributed by atoms with E-state index in [1.807, 2.05) is 0 Å². The highest BCUT2D eigenvalue weighted by atomic mass is 35.5. The van der Waals surface area contributed by atoms with Crippen LogP contribution >= 0.6 is 23.2 Å². The van der Waals surface area contributed by atoms with Crippen LogP contribution in [0.25, 0.3) is 0 Å². The van der Waals surface area contributed by atoms with E-state index in [1.165, 1.54) is 30.3 Å². The number of hydrogen-bond acceptors (Lipinski definition) is 2. The maximum Gasteiger partial charge on any atom is 0.319 e. The van der Waals surface area contributed by atoms with Crippen molar-refractivity contribution in [3.63, 3.8) is 0 Å². The Hall–Kier alpha value is -1.82. The number of rotatable bonds is 4. The number of halogens is 3. The molecule has 7 heteroatoms. The molecule has 0 radical (unpaired) electrons. The van der Waals surface area contributed by atoms with Crippen LogP contribution in [0.3, 0.4) is 0 Å². The van der Waals surface area contributed by atoms with Gasteiger partial charge in [-0.25, -0.2) is 9.18 Å². The Morgan fingerprint density at radius 1 is 1.18 bits per heavy atom. The molecule has 0 spiro atoms. The van der Waals surface area contributed by atoms with Gasteiger partial charge in [0, 0.05) is 11.6 Å². The van der Waals surface area contributed by atoms with Crippen LogP contribution in [-0.2, 0) is 0 Å². The second-order valence-electron chi connectivity index (χ2n) is 4.53. The van der Waals surface area contributed by atoms with Crippen LogP contribution in [0.15, 0.2) is 42.5 Å². The Balaban J connectivity index is 1.88. The van der Waals surface area contributed by atoms with Gasteiger partial charge in [-0.05, 0) is 35.9 Å². The fourth-order valence-corrected chi connectivity index (χ4v) is 2.21. The average Bonchev–Trinajstić information content (AvgIpc) is 2.48. The summed E-state index contributed by atoms with van der Waals surface area (Å²) in [7, 11) is 0. The molecule has 4 nitrogen and oxygen atoms in total. The molecule has 1 unspecified atom stereocenters. The summed E-state index contributed by atoms with van der Waals surface area (Å²) in [6.07, 6.45) is -0.938. The zero-order valence-corrected chi connectivity index (χ0v) is 12.8. The second kappa shape index (κ2) is 7.45. The number of urea groups is 1. The number of hydrogen-bond donors (Lipinski definition) is 3. The molecule has 0 fully saturated rings. The lowest BCUT2D eigenvalue weighted by molar-refractivity contribution is 0.175. The van der Waals surface area contributed by atoms with Gasteiger partial charge in [-0.3, -0.25) is 0 Å². The van der Waals surface area contributed by atoms with E-state index in [9.17, 15) is 14.3 Å². The molecule has 1 atom stereocenters. The molecule has 3 N–H and O–H groups in total. The van der Waals surface area contributed by atoms with Crippen molar-refractivity contribution < 1.29 is 14.3 Å². The van der Waals surface area contributed by atoms with Crippen LogP contribution in [0.1, 0.15) is 11.7 Å². The topological polar surface area (TPSA) is 61.4 Å². The zero-order valence-electron chi connectivity index (χ0n) is 11.3. The number of aliphatic hydroxyl groups excluding tert-OH is 1. The summed E-state index contributed by atoms with van der Waals surface area (Å²) in [6, 6.07) is 9.54. The lowest BCUT2D eigenvalue weighted by atomic mass is 10.1. The third kappa shape index (κ3) is 4.59. The summed E-state index contributed by atoms with van der Waals surface area (Å²) >= 11 is 11.7. The molecule has 116 valence electrons. The highest BCUT2D eigenvalue weighted by molar-refractivity contribution is 6.36. The number of amides is 2. The van der Waals surface area contributed by atoms with E-state index >= 15 is 0 Å². The molecule has 0 bridgehead atoms. The van der Waals surface area contributed by atoms with Crippen LogP contribution < -0.4 is 10.6 Å². The summed E-state index contributed by atoms with van der Waals surface area (Å²) in [4.78, 5) is 11.8. The Morgan fingerprint density at radius 2 is 1.86 bits per heavy atom. The maximum atomic E-state index is 12.8. The minimum absolute atomic E-state index is 0.0251. The number of benzene rings is 2. The van der Waals surface area contributed by atoms with E-state index in [-0.39, 0.29) is 12.4 Å². The third-order valence-electron chi connectivity index (χ3n) is 2.89. The fraction of sp³-hybridized carbons (Fsp3) is 0.133. The van der Waals surface area contributed by atoms with Crippen molar-refractivity contribution in [2.75, 3.05) is 11.9 Å². The van der Waals surface area contributed by atoms with E-state index < -0.39 is 12.1 Å². The molecule has 22 heavy (non-hydrogen) atoms. The van der Waals surface area contributed by atoms with Gasteiger partial charge in [0.25, 0.3) is 0 Å². The molecule has 2 amide bonds. The minimum Gasteiger partial charge on any atom is -0.387 e. The Morgan fingerprint density at radius 3 is 2.50 bits per heavy atom. The first-order valence-corrected chi connectivity index (χ1v) is 7.15. The second-order valence-corrected chi connectivity index (χ2v) is 5.37. The summed E-state index contributed by atoms with van der Waals surface area (Å²) in [5, 5.41) is 15.7. The molecule has 0 aliphatic heterocycles. The molecule has 0 aliphatic rings. The summed E-state index contributed by atoms with van der Waals surface area (Å²) in [5.41, 5.74) is 0.908.